The van der Waals surface area contributed by atoms with E-state index < -0.39 is 6.04 Å². The zero-order valence-corrected chi connectivity index (χ0v) is 19.9. The minimum Gasteiger partial charge on any atom is -0.497 e. The van der Waals surface area contributed by atoms with Crippen molar-refractivity contribution in [3.05, 3.63) is 59.7 Å². The summed E-state index contributed by atoms with van der Waals surface area (Å²) in [5.41, 5.74) is 2.14. The molecule has 6 nitrogen and oxygen atoms in total. The highest BCUT2D eigenvalue weighted by molar-refractivity contribution is 5.87. The molecule has 1 N–H and O–H groups in total. The van der Waals surface area contributed by atoms with Crippen LogP contribution < -0.4 is 14.8 Å². The van der Waals surface area contributed by atoms with E-state index in [1.165, 1.54) is 0 Å². The molecule has 0 spiro atoms. The number of carbonyl (C=O) groups excluding carboxylic acids is 2. The molecule has 0 saturated carbocycles. The summed E-state index contributed by atoms with van der Waals surface area (Å²) in [6.07, 6.45) is 0.874. The van der Waals surface area contributed by atoms with E-state index in [1.54, 1.807) is 18.9 Å². The van der Waals surface area contributed by atoms with Crippen molar-refractivity contribution in [2.75, 3.05) is 20.3 Å². The van der Waals surface area contributed by atoms with Crippen molar-refractivity contribution in [2.45, 2.75) is 53.1 Å². The average Bonchev–Trinajstić information content (AvgIpc) is 2.78. The topological polar surface area (TPSA) is 67.9 Å². The molecular weight excluding hydrogens is 404 g/mol. The predicted molar refractivity (Wildman–Crippen MR) is 127 cm³/mol. The summed E-state index contributed by atoms with van der Waals surface area (Å²) in [5, 5.41) is 2.94. The lowest BCUT2D eigenvalue weighted by atomic mass is 10.1. The molecule has 0 saturated heterocycles. The molecule has 32 heavy (non-hydrogen) atoms. The Balaban J connectivity index is 1.97. The van der Waals surface area contributed by atoms with Crippen molar-refractivity contribution in [1.29, 1.82) is 0 Å². The van der Waals surface area contributed by atoms with Crippen LogP contribution in [0.4, 0.5) is 0 Å². The standard InChI is InChI=1S/C26H36N2O4/c1-19(2)17-27-26(30)21(4)28(18-22-9-6-8-20(3)16-22)25(29)10-7-15-32-24-13-11-23(31-5)12-14-24/h6,8-9,11-14,16,19,21H,7,10,15,17-18H2,1-5H3,(H,27,30)/t21-/m0/s1. The highest BCUT2D eigenvalue weighted by Gasteiger charge is 2.25. The first-order chi connectivity index (χ1) is 15.3. The van der Waals surface area contributed by atoms with Crippen LogP contribution in [0.5, 0.6) is 11.5 Å². The normalized spacial score (nSPS) is 11.7. The van der Waals surface area contributed by atoms with Crippen LogP contribution in [0.15, 0.2) is 48.5 Å². The van der Waals surface area contributed by atoms with Crippen LogP contribution in [-0.2, 0) is 16.1 Å². The number of nitrogens with zero attached hydrogens (tertiary/aromatic N) is 1. The van der Waals surface area contributed by atoms with Gasteiger partial charge in [-0.3, -0.25) is 9.59 Å². The number of ether oxygens (including phenoxy) is 2. The third-order valence-corrected chi connectivity index (χ3v) is 5.15. The molecule has 1 atom stereocenters. The second-order valence-corrected chi connectivity index (χ2v) is 8.45. The molecule has 0 fully saturated rings. The van der Waals surface area contributed by atoms with Gasteiger partial charge in [0.05, 0.1) is 13.7 Å². The van der Waals surface area contributed by atoms with Gasteiger partial charge in [0, 0.05) is 19.5 Å². The van der Waals surface area contributed by atoms with Gasteiger partial charge in [0.25, 0.3) is 0 Å². The molecule has 0 bridgehead atoms. The van der Waals surface area contributed by atoms with Crippen LogP contribution in [0.25, 0.3) is 0 Å². The lowest BCUT2D eigenvalue weighted by Crippen LogP contribution is -2.48. The maximum Gasteiger partial charge on any atom is 0.242 e. The Hall–Kier alpha value is -3.02. The largest absolute Gasteiger partial charge is 0.497 e. The molecule has 0 heterocycles. The maximum atomic E-state index is 13.1. The van der Waals surface area contributed by atoms with Gasteiger partial charge in [0.1, 0.15) is 17.5 Å². The lowest BCUT2D eigenvalue weighted by Gasteiger charge is -2.29. The molecule has 2 amide bonds. The molecule has 0 radical (unpaired) electrons. The van der Waals surface area contributed by atoms with Crippen LogP contribution in [0, 0.1) is 12.8 Å². The van der Waals surface area contributed by atoms with Gasteiger partial charge in [-0.15, -0.1) is 0 Å². The number of carbonyl (C=O) groups is 2. The first-order valence-corrected chi connectivity index (χ1v) is 11.2. The maximum absolute atomic E-state index is 13.1. The van der Waals surface area contributed by atoms with Crippen LogP contribution in [-0.4, -0.2) is 43.0 Å². The van der Waals surface area contributed by atoms with Crippen molar-refractivity contribution in [3.8, 4) is 11.5 Å². The summed E-state index contributed by atoms with van der Waals surface area (Å²) in [4.78, 5) is 27.4. The summed E-state index contributed by atoms with van der Waals surface area (Å²) < 4.78 is 10.9. The zero-order valence-electron chi connectivity index (χ0n) is 19.9. The third kappa shape index (κ3) is 8.25. The zero-order chi connectivity index (χ0) is 23.5. The highest BCUT2D eigenvalue weighted by Crippen LogP contribution is 2.18. The Bertz CT molecular complexity index is 864. The molecule has 0 aromatic heterocycles. The first-order valence-electron chi connectivity index (χ1n) is 11.2. The van der Waals surface area contributed by atoms with E-state index in [0.717, 1.165) is 22.6 Å². The molecule has 0 aliphatic heterocycles. The van der Waals surface area contributed by atoms with Crippen molar-refractivity contribution in [3.63, 3.8) is 0 Å². The number of benzene rings is 2. The first kappa shape index (κ1) is 25.2. The van der Waals surface area contributed by atoms with Gasteiger partial charge in [-0.05, 0) is 56.0 Å². The molecule has 2 aromatic carbocycles. The lowest BCUT2D eigenvalue weighted by molar-refractivity contribution is -0.140. The molecule has 0 aliphatic carbocycles. The Morgan fingerprint density at radius 2 is 1.72 bits per heavy atom. The molecule has 0 unspecified atom stereocenters. The molecule has 174 valence electrons. The molecule has 6 heteroatoms. The Morgan fingerprint density at radius 3 is 2.34 bits per heavy atom. The van der Waals surface area contributed by atoms with E-state index in [0.29, 0.717) is 38.5 Å². The summed E-state index contributed by atoms with van der Waals surface area (Å²) in [6.45, 7) is 9.31. The summed E-state index contributed by atoms with van der Waals surface area (Å²) >= 11 is 0. The van der Waals surface area contributed by atoms with Gasteiger partial charge in [-0.2, -0.15) is 0 Å². The van der Waals surface area contributed by atoms with Crippen LogP contribution in [0.2, 0.25) is 0 Å². The van der Waals surface area contributed by atoms with Crippen LogP contribution in [0.1, 0.15) is 44.7 Å². The van der Waals surface area contributed by atoms with E-state index in [2.05, 4.69) is 5.32 Å². The minimum absolute atomic E-state index is 0.0583. The smallest absolute Gasteiger partial charge is 0.242 e. The van der Waals surface area contributed by atoms with Gasteiger partial charge < -0.3 is 19.7 Å². The van der Waals surface area contributed by atoms with Crippen LogP contribution >= 0.6 is 0 Å². The second kappa shape index (κ2) is 12.7. The van der Waals surface area contributed by atoms with E-state index in [9.17, 15) is 9.59 Å². The molecular formula is C26H36N2O4. The van der Waals surface area contributed by atoms with E-state index in [1.807, 2.05) is 69.3 Å². The fourth-order valence-corrected chi connectivity index (χ4v) is 3.27. The number of aryl methyl sites for hydroxylation is 1. The number of rotatable bonds is 12. The van der Waals surface area contributed by atoms with Gasteiger partial charge >= 0.3 is 0 Å². The van der Waals surface area contributed by atoms with Gasteiger partial charge in [-0.1, -0.05) is 43.7 Å². The SMILES string of the molecule is COc1ccc(OCCCC(=O)N(Cc2cccc(C)c2)[C@@H](C)C(=O)NCC(C)C)cc1. The quantitative estimate of drug-likeness (QED) is 0.498. The van der Waals surface area contributed by atoms with Crippen molar-refractivity contribution in [1.82, 2.24) is 10.2 Å². The van der Waals surface area contributed by atoms with Crippen LogP contribution in [0.3, 0.4) is 0 Å². The van der Waals surface area contributed by atoms with Crippen molar-refractivity contribution in [2.24, 2.45) is 5.92 Å². The number of nitrogens with one attached hydrogen (secondary N) is 1. The fraction of sp³-hybridized carbons (Fsp3) is 0.462. The molecule has 0 aliphatic rings. The molecule has 2 rings (SSSR count). The second-order valence-electron chi connectivity index (χ2n) is 8.45. The van der Waals surface area contributed by atoms with Gasteiger partial charge in [0.2, 0.25) is 11.8 Å². The molecule has 2 aromatic rings. The number of methoxy groups -OCH3 is 1. The highest BCUT2D eigenvalue weighted by atomic mass is 16.5. The van der Waals surface area contributed by atoms with E-state index in [-0.39, 0.29) is 11.8 Å². The van der Waals surface area contributed by atoms with Crippen molar-refractivity contribution < 1.29 is 19.1 Å². The van der Waals surface area contributed by atoms with E-state index >= 15 is 0 Å². The summed E-state index contributed by atoms with van der Waals surface area (Å²) in [6, 6.07) is 14.8. The fourth-order valence-electron chi connectivity index (χ4n) is 3.27. The Labute approximate surface area is 191 Å². The summed E-state index contributed by atoms with van der Waals surface area (Å²) in [7, 11) is 1.62. The Morgan fingerprint density at radius 1 is 1.03 bits per heavy atom. The third-order valence-electron chi connectivity index (χ3n) is 5.15. The Kier molecular flexibility index (Phi) is 10.1. The monoisotopic (exact) mass is 440 g/mol. The van der Waals surface area contributed by atoms with E-state index in [4.69, 9.17) is 9.47 Å². The predicted octanol–water partition coefficient (Wildman–Crippen LogP) is 4.35. The summed E-state index contributed by atoms with van der Waals surface area (Å²) in [5.74, 6) is 1.66. The average molecular weight is 441 g/mol. The minimum atomic E-state index is -0.552. The van der Waals surface area contributed by atoms with Gasteiger partial charge in [-0.25, -0.2) is 0 Å². The number of hydrogen-bond acceptors (Lipinski definition) is 4. The number of amides is 2. The number of hydrogen-bond donors (Lipinski definition) is 1. The van der Waals surface area contributed by atoms with Crippen molar-refractivity contribution >= 4 is 11.8 Å². The van der Waals surface area contributed by atoms with Gasteiger partial charge in [0.15, 0.2) is 0 Å².